The van der Waals surface area contributed by atoms with E-state index in [0.717, 1.165) is 0 Å². The van der Waals surface area contributed by atoms with E-state index in [4.69, 9.17) is 4.74 Å². The summed E-state index contributed by atoms with van der Waals surface area (Å²) in [5.74, 6) is -0.0637. The number of anilines is 1. The number of thioether (sulfide) groups is 1. The molecular weight excluding hydrogens is 490 g/mol. The Labute approximate surface area is 221 Å². The van der Waals surface area contributed by atoms with Gasteiger partial charge in [-0.2, -0.15) is 0 Å². The van der Waals surface area contributed by atoms with E-state index in [9.17, 15) is 14.4 Å². The van der Waals surface area contributed by atoms with E-state index in [-0.39, 0.29) is 35.6 Å². The SMILES string of the molecule is CCn1c(SCC(=O)Nc2cccc(C(=O)OC(C)C)c2)nnc1[C@@H](NC(=O)c1ccccc1)C(C)C. The van der Waals surface area contributed by atoms with Gasteiger partial charge in [-0.3, -0.25) is 9.59 Å². The number of benzene rings is 2. The zero-order valence-corrected chi connectivity index (χ0v) is 22.5. The van der Waals surface area contributed by atoms with Crippen molar-refractivity contribution in [3.63, 3.8) is 0 Å². The van der Waals surface area contributed by atoms with Crippen LogP contribution in [0.2, 0.25) is 0 Å². The summed E-state index contributed by atoms with van der Waals surface area (Å²) in [7, 11) is 0. The maximum Gasteiger partial charge on any atom is 0.338 e. The Morgan fingerprint density at radius 1 is 0.973 bits per heavy atom. The maximum absolute atomic E-state index is 12.8. The van der Waals surface area contributed by atoms with E-state index in [1.54, 1.807) is 50.2 Å². The lowest BCUT2D eigenvalue weighted by Gasteiger charge is -2.22. The smallest absolute Gasteiger partial charge is 0.338 e. The molecule has 9 nitrogen and oxygen atoms in total. The standard InChI is InChI=1S/C27H33N5O4S/c1-6-32-24(23(17(2)3)29-25(34)19-11-8-7-9-12-19)30-31-27(32)37-16-22(33)28-21-14-10-13-20(15-21)26(35)36-18(4)5/h7-15,17-18,23H,6,16H2,1-5H3,(H,28,33)(H,29,34)/t23-/m0/s1. The fourth-order valence-corrected chi connectivity index (χ4v) is 4.42. The Bertz CT molecular complexity index is 1230. The Balaban J connectivity index is 1.67. The molecule has 2 amide bonds. The Morgan fingerprint density at radius 2 is 1.68 bits per heavy atom. The third-order valence-corrected chi connectivity index (χ3v) is 6.35. The average Bonchev–Trinajstić information content (AvgIpc) is 3.28. The van der Waals surface area contributed by atoms with Crippen LogP contribution < -0.4 is 10.6 Å². The summed E-state index contributed by atoms with van der Waals surface area (Å²) in [6.07, 6.45) is -0.232. The summed E-state index contributed by atoms with van der Waals surface area (Å²) >= 11 is 1.26. The third kappa shape index (κ3) is 7.66. The quantitative estimate of drug-likeness (QED) is 0.276. The second-order valence-corrected chi connectivity index (χ2v) is 9.96. The van der Waals surface area contributed by atoms with Gasteiger partial charge >= 0.3 is 5.97 Å². The van der Waals surface area contributed by atoms with Gasteiger partial charge in [0.25, 0.3) is 5.91 Å². The molecule has 0 aliphatic rings. The Hall–Kier alpha value is -3.66. The first kappa shape index (κ1) is 27.9. The number of hydrogen-bond donors (Lipinski definition) is 2. The number of amides is 2. The summed E-state index contributed by atoms with van der Waals surface area (Å²) in [4.78, 5) is 37.6. The molecule has 1 atom stereocenters. The van der Waals surface area contributed by atoms with Crippen molar-refractivity contribution < 1.29 is 19.1 Å². The number of hydrogen-bond acceptors (Lipinski definition) is 7. The molecule has 0 saturated heterocycles. The number of aromatic nitrogens is 3. The molecule has 1 aromatic heterocycles. The van der Waals surface area contributed by atoms with Crippen LogP contribution in [0.25, 0.3) is 0 Å². The van der Waals surface area contributed by atoms with Gasteiger partial charge in [0.2, 0.25) is 5.91 Å². The molecule has 2 N–H and O–H groups in total. The second kappa shape index (κ2) is 13.0. The molecule has 0 bridgehead atoms. The molecule has 196 valence electrons. The summed E-state index contributed by atoms with van der Waals surface area (Å²) in [5.41, 5.74) is 1.44. The van der Waals surface area contributed by atoms with Gasteiger partial charge in [-0.15, -0.1) is 10.2 Å². The highest BCUT2D eigenvalue weighted by atomic mass is 32.2. The monoisotopic (exact) mass is 523 g/mol. The van der Waals surface area contributed by atoms with Crippen LogP contribution in [0.3, 0.4) is 0 Å². The van der Waals surface area contributed by atoms with Crippen LogP contribution in [0.1, 0.15) is 67.2 Å². The molecule has 37 heavy (non-hydrogen) atoms. The van der Waals surface area contributed by atoms with Gasteiger partial charge in [0.15, 0.2) is 11.0 Å². The molecule has 0 spiro atoms. The number of esters is 1. The number of nitrogens with one attached hydrogen (secondary N) is 2. The first-order valence-corrected chi connectivity index (χ1v) is 13.2. The number of carbonyl (C=O) groups is 3. The molecule has 0 radical (unpaired) electrons. The molecule has 10 heteroatoms. The molecule has 0 unspecified atom stereocenters. The van der Waals surface area contributed by atoms with Crippen molar-refractivity contribution in [2.24, 2.45) is 5.92 Å². The van der Waals surface area contributed by atoms with Crippen molar-refractivity contribution in [1.82, 2.24) is 20.1 Å². The first-order valence-electron chi connectivity index (χ1n) is 12.2. The predicted octanol–water partition coefficient (Wildman–Crippen LogP) is 4.72. The number of rotatable bonds is 11. The topological polar surface area (TPSA) is 115 Å². The minimum absolute atomic E-state index is 0.0676. The molecule has 0 aliphatic heterocycles. The van der Waals surface area contributed by atoms with Crippen LogP contribution in [0.5, 0.6) is 0 Å². The van der Waals surface area contributed by atoms with Crippen LogP contribution in [-0.4, -0.2) is 44.4 Å². The summed E-state index contributed by atoms with van der Waals surface area (Å²) < 4.78 is 7.13. The highest BCUT2D eigenvalue weighted by Gasteiger charge is 2.26. The molecule has 0 aliphatic carbocycles. The van der Waals surface area contributed by atoms with Gasteiger partial charge < -0.3 is 19.9 Å². The lowest BCUT2D eigenvalue weighted by Crippen LogP contribution is -2.33. The lowest BCUT2D eigenvalue weighted by molar-refractivity contribution is -0.113. The molecule has 2 aromatic carbocycles. The van der Waals surface area contributed by atoms with Gasteiger partial charge in [0.05, 0.1) is 23.5 Å². The minimum atomic E-state index is -0.442. The highest BCUT2D eigenvalue weighted by molar-refractivity contribution is 7.99. The van der Waals surface area contributed by atoms with Crippen molar-refractivity contribution in [3.05, 3.63) is 71.5 Å². The van der Waals surface area contributed by atoms with Gasteiger partial charge in [0, 0.05) is 17.8 Å². The van der Waals surface area contributed by atoms with E-state index >= 15 is 0 Å². The van der Waals surface area contributed by atoms with Crippen LogP contribution in [0.4, 0.5) is 5.69 Å². The summed E-state index contributed by atoms with van der Waals surface area (Å²) in [5, 5.41) is 15.1. The Kier molecular flexibility index (Phi) is 9.85. The molecule has 3 aromatic rings. The van der Waals surface area contributed by atoms with Crippen LogP contribution in [0, 0.1) is 5.92 Å². The van der Waals surface area contributed by atoms with Crippen LogP contribution in [-0.2, 0) is 16.1 Å². The zero-order valence-electron chi connectivity index (χ0n) is 21.7. The van der Waals surface area contributed by atoms with Crippen molar-refractivity contribution in [3.8, 4) is 0 Å². The van der Waals surface area contributed by atoms with E-state index < -0.39 is 5.97 Å². The number of ether oxygens (including phenoxy) is 1. The van der Waals surface area contributed by atoms with Crippen LogP contribution >= 0.6 is 11.8 Å². The van der Waals surface area contributed by atoms with Crippen molar-refractivity contribution in [2.75, 3.05) is 11.1 Å². The molecule has 0 fully saturated rings. The maximum atomic E-state index is 12.8. The largest absolute Gasteiger partial charge is 0.459 e. The van der Waals surface area contributed by atoms with Gasteiger partial charge in [-0.25, -0.2) is 4.79 Å². The van der Waals surface area contributed by atoms with E-state index in [1.807, 2.05) is 43.5 Å². The van der Waals surface area contributed by atoms with E-state index in [2.05, 4.69) is 20.8 Å². The van der Waals surface area contributed by atoms with E-state index in [0.29, 0.717) is 34.3 Å². The van der Waals surface area contributed by atoms with Crippen molar-refractivity contribution in [1.29, 1.82) is 0 Å². The summed E-state index contributed by atoms with van der Waals surface area (Å²) in [6.45, 7) is 10.1. The fourth-order valence-electron chi connectivity index (χ4n) is 3.61. The van der Waals surface area contributed by atoms with Crippen molar-refractivity contribution >= 4 is 35.2 Å². The zero-order chi connectivity index (χ0) is 26.9. The second-order valence-electron chi connectivity index (χ2n) is 9.02. The molecular formula is C27H33N5O4S. The first-order chi connectivity index (χ1) is 17.7. The molecule has 3 rings (SSSR count). The molecule has 1 heterocycles. The van der Waals surface area contributed by atoms with E-state index in [1.165, 1.54) is 11.8 Å². The molecule has 0 saturated carbocycles. The Morgan fingerprint density at radius 3 is 2.32 bits per heavy atom. The minimum Gasteiger partial charge on any atom is -0.459 e. The van der Waals surface area contributed by atoms with Gasteiger partial charge in [-0.05, 0) is 57.0 Å². The highest BCUT2D eigenvalue weighted by Crippen LogP contribution is 2.26. The lowest BCUT2D eigenvalue weighted by atomic mass is 10.0. The van der Waals surface area contributed by atoms with Gasteiger partial charge in [0.1, 0.15) is 0 Å². The fraction of sp³-hybridized carbons (Fsp3) is 0.370. The van der Waals surface area contributed by atoms with Crippen LogP contribution in [0.15, 0.2) is 59.8 Å². The third-order valence-electron chi connectivity index (χ3n) is 5.39. The van der Waals surface area contributed by atoms with Gasteiger partial charge in [-0.1, -0.05) is 49.9 Å². The van der Waals surface area contributed by atoms with Crippen molar-refractivity contribution in [2.45, 2.75) is 58.5 Å². The number of nitrogens with zero attached hydrogens (tertiary/aromatic N) is 3. The predicted molar refractivity (Wildman–Crippen MR) is 144 cm³/mol. The average molecular weight is 524 g/mol. The summed E-state index contributed by atoms with van der Waals surface area (Å²) in [6, 6.07) is 15.3. The number of carbonyl (C=O) groups excluding carboxylic acids is 3. The normalized spacial score (nSPS) is 11.9.